The highest BCUT2D eigenvalue weighted by Crippen LogP contribution is 2.27. The van der Waals surface area contributed by atoms with Crippen LogP contribution in [-0.2, 0) is 0 Å². The van der Waals surface area contributed by atoms with Crippen LogP contribution in [0.1, 0.15) is 32.8 Å². The Morgan fingerprint density at radius 1 is 1.33 bits per heavy atom. The third-order valence-electron chi connectivity index (χ3n) is 1.71. The fourth-order valence-corrected chi connectivity index (χ4v) is 1.24. The van der Waals surface area contributed by atoms with E-state index in [0.29, 0.717) is 16.6 Å². The van der Waals surface area contributed by atoms with Crippen molar-refractivity contribution in [3.8, 4) is 0 Å². The second kappa shape index (κ2) is 4.36. The van der Waals surface area contributed by atoms with Crippen molar-refractivity contribution >= 4 is 17.3 Å². The van der Waals surface area contributed by atoms with E-state index in [1.807, 2.05) is 18.2 Å². The molecule has 1 nitrogen and oxygen atoms in total. The third-order valence-corrected chi connectivity index (χ3v) is 2.04. The Labute approximate surface area is 79.5 Å². The number of benzene rings is 1. The zero-order valence-corrected chi connectivity index (χ0v) is 7.52. The number of halogens is 1. The number of rotatable bonds is 1. The second-order valence-electron chi connectivity index (χ2n) is 2.90. The average molecular weight is 186 g/mol. The fraction of sp³-hybridized carbons (Fsp3) is 0.400. The van der Waals surface area contributed by atoms with Crippen LogP contribution in [0.3, 0.4) is 0 Å². The Morgan fingerprint density at radius 2 is 1.92 bits per heavy atom. The molecule has 0 spiro atoms. The normalized spacial score (nSPS) is 9.67. The van der Waals surface area contributed by atoms with E-state index in [4.69, 9.17) is 17.3 Å². The SMILES string of the molecule is C.CC(C)c1cccc(Cl)c1N. The van der Waals surface area contributed by atoms with Crippen LogP contribution in [0.5, 0.6) is 0 Å². The standard InChI is InChI=1S/C9H12ClN.CH4/c1-6(2)7-4-3-5-8(10)9(7)11;/h3-6H,11H2,1-2H3;1H4. The summed E-state index contributed by atoms with van der Waals surface area (Å²) in [5, 5.41) is 0.649. The highest BCUT2D eigenvalue weighted by atomic mass is 35.5. The van der Waals surface area contributed by atoms with Gasteiger partial charge in [-0.3, -0.25) is 0 Å². The molecule has 1 rings (SSSR count). The van der Waals surface area contributed by atoms with Gasteiger partial charge in [-0.2, -0.15) is 0 Å². The quantitative estimate of drug-likeness (QED) is 0.664. The summed E-state index contributed by atoms with van der Waals surface area (Å²) in [6, 6.07) is 5.74. The Morgan fingerprint density at radius 3 is 2.33 bits per heavy atom. The fourth-order valence-electron chi connectivity index (χ4n) is 1.06. The molecule has 68 valence electrons. The topological polar surface area (TPSA) is 26.0 Å². The van der Waals surface area contributed by atoms with Crippen molar-refractivity contribution in [1.29, 1.82) is 0 Å². The van der Waals surface area contributed by atoms with Crippen molar-refractivity contribution < 1.29 is 0 Å². The summed E-state index contributed by atoms with van der Waals surface area (Å²) in [6.07, 6.45) is 0. The molecule has 0 aliphatic carbocycles. The van der Waals surface area contributed by atoms with E-state index in [1.54, 1.807) is 0 Å². The van der Waals surface area contributed by atoms with Crippen LogP contribution in [-0.4, -0.2) is 0 Å². The average Bonchev–Trinajstić information content (AvgIpc) is 1.94. The maximum atomic E-state index is 5.83. The van der Waals surface area contributed by atoms with Gasteiger partial charge in [-0.05, 0) is 17.5 Å². The van der Waals surface area contributed by atoms with Gasteiger partial charge >= 0.3 is 0 Å². The molecule has 1 aromatic carbocycles. The zero-order chi connectivity index (χ0) is 8.43. The van der Waals surface area contributed by atoms with Crippen molar-refractivity contribution in [2.75, 3.05) is 5.73 Å². The van der Waals surface area contributed by atoms with Gasteiger partial charge in [0, 0.05) is 0 Å². The van der Waals surface area contributed by atoms with Gasteiger partial charge in [0.2, 0.25) is 0 Å². The van der Waals surface area contributed by atoms with Gasteiger partial charge in [-0.15, -0.1) is 0 Å². The van der Waals surface area contributed by atoms with E-state index < -0.39 is 0 Å². The van der Waals surface area contributed by atoms with Crippen LogP contribution in [0.15, 0.2) is 18.2 Å². The van der Waals surface area contributed by atoms with Crippen molar-refractivity contribution in [3.63, 3.8) is 0 Å². The van der Waals surface area contributed by atoms with Crippen molar-refractivity contribution in [3.05, 3.63) is 28.8 Å². The minimum absolute atomic E-state index is 0. The number of nitrogens with two attached hydrogens (primary N) is 1. The molecule has 0 saturated carbocycles. The van der Waals surface area contributed by atoms with E-state index in [0.717, 1.165) is 5.56 Å². The predicted octanol–water partition coefficient (Wildman–Crippen LogP) is 3.68. The summed E-state index contributed by atoms with van der Waals surface area (Å²) in [5.74, 6) is 0.439. The smallest absolute Gasteiger partial charge is 0.0638 e. The molecule has 12 heavy (non-hydrogen) atoms. The Hall–Kier alpha value is -0.690. The summed E-state index contributed by atoms with van der Waals surface area (Å²) in [5.41, 5.74) is 7.59. The van der Waals surface area contributed by atoms with Crippen LogP contribution < -0.4 is 5.73 Å². The molecule has 0 aromatic heterocycles. The molecule has 0 fully saturated rings. The molecule has 0 radical (unpaired) electrons. The highest BCUT2D eigenvalue weighted by molar-refractivity contribution is 6.33. The van der Waals surface area contributed by atoms with Crippen molar-refractivity contribution in [1.82, 2.24) is 0 Å². The van der Waals surface area contributed by atoms with Crippen molar-refractivity contribution in [2.45, 2.75) is 27.2 Å². The first kappa shape index (κ1) is 11.3. The van der Waals surface area contributed by atoms with E-state index in [2.05, 4.69) is 13.8 Å². The summed E-state index contributed by atoms with van der Waals surface area (Å²) < 4.78 is 0. The number of hydrogen-bond donors (Lipinski definition) is 1. The maximum absolute atomic E-state index is 5.83. The van der Waals surface area contributed by atoms with Gasteiger partial charge in [-0.1, -0.05) is 45.0 Å². The van der Waals surface area contributed by atoms with Gasteiger partial charge in [0.1, 0.15) is 0 Å². The molecule has 0 amide bonds. The molecule has 2 heteroatoms. The number of hydrogen-bond acceptors (Lipinski definition) is 1. The van der Waals surface area contributed by atoms with Crippen LogP contribution in [0.2, 0.25) is 5.02 Å². The van der Waals surface area contributed by atoms with Gasteiger partial charge in [-0.25, -0.2) is 0 Å². The molecule has 0 atom stereocenters. The van der Waals surface area contributed by atoms with Crippen molar-refractivity contribution in [2.24, 2.45) is 0 Å². The monoisotopic (exact) mass is 185 g/mol. The van der Waals surface area contributed by atoms with Gasteiger partial charge in [0.05, 0.1) is 10.7 Å². The molecular weight excluding hydrogens is 170 g/mol. The van der Waals surface area contributed by atoms with Gasteiger partial charge in [0.25, 0.3) is 0 Å². The highest BCUT2D eigenvalue weighted by Gasteiger charge is 2.05. The molecule has 1 aromatic rings. The van der Waals surface area contributed by atoms with E-state index in [-0.39, 0.29) is 7.43 Å². The Bertz CT molecular complexity index is 256. The zero-order valence-electron chi connectivity index (χ0n) is 6.76. The Kier molecular flexibility index (Phi) is 4.11. The van der Waals surface area contributed by atoms with Crippen LogP contribution in [0, 0.1) is 0 Å². The minimum atomic E-state index is 0. The first-order chi connectivity index (χ1) is 5.13. The lowest BCUT2D eigenvalue weighted by molar-refractivity contribution is 0.870. The number of para-hydroxylation sites is 1. The Balaban J connectivity index is 0.00000121. The number of nitrogen functional groups attached to an aromatic ring is 1. The molecule has 0 saturated heterocycles. The first-order valence-corrected chi connectivity index (χ1v) is 4.04. The van der Waals surface area contributed by atoms with E-state index >= 15 is 0 Å². The molecule has 0 unspecified atom stereocenters. The minimum Gasteiger partial charge on any atom is -0.397 e. The number of anilines is 1. The summed E-state index contributed by atoms with van der Waals surface area (Å²) in [6.45, 7) is 4.20. The third kappa shape index (κ3) is 2.15. The summed E-state index contributed by atoms with van der Waals surface area (Å²) in [7, 11) is 0. The van der Waals surface area contributed by atoms with E-state index in [1.165, 1.54) is 0 Å². The lowest BCUT2D eigenvalue weighted by atomic mass is 10.0. The predicted molar refractivity (Wildman–Crippen MR) is 56.7 cm³/mol. The van der Waals surface area contributed by atoms with E-state index in [9.17, 15) is 0 Å². The van der Waals surface area contributed by atoms with Crippen LogP contribution in [0.25, 0.3) is 0 Å². The lowest BCUT2D eigenvalue weighted by Crippen LogP contribution is -1.96. The molecule has 0 aliphatic rings. The van der Waals surface area contributed by atoms with Crippen LogP contribution >= 0.6 is 11.6 Å². The first-order valence-electron chi connectivity index (χ1n) is 3.67. The lowest BCUT2D eigenvalue weighted by Gasteiger charge is -2.09. The summed E-state index contributed by atoms with van der Waals surface area (Å²) in [4.78, 5) is 0. The molecule has 0 bridgehead atoms. The van der Waals surface area contributed by atoms with Gasteiger partial charge < -0.3 is 5.73 Å². The maximum Gasteiger partial charge on any atom is 0.0638 e. The van der Waals surface area contributed by atoms with Gasteiger partial charge in [0.15, 0.2) is 0 Å². The molecule has 0 aliphatic heterocycles. The van der Waals surface area contributed by atoms with Crippen LogP contribution in [0.4, 0.5) is 5.69 Å². The molecule has 2 N–H and O–H groups in total. The summed E-state index contributed by atoms with van der Waals surface area (Å²) >= 11 is 5.83. The molecular formula is C10H16ClN. The second-order valence-corrected chi connectivity index (χ2v) is 3.30. The molecule has 0 heterocycles. The largest absolute Gasteiger partial charge is 0.397 e.